The zero-order valence-corrected chi connectivity index (χ0v) is 14.0. The average Bonchev–Trinajstić information content (AvgIpc) is 3.00. The van der Waals surface area contributed by atoms with Crippen molar-refractivity contribution in [2.45, 2.75) is 25.7 Å². The Labute approximate surface area is 135 Å². The molecule has 21 heavy (non-hydrogen) atoms. The Bertz CT molecular complexity index is 523. The molecule has 1 aromatic carbocycles. The molecule has 3 nitrogen and oxygen atoms in total. The zero-order valence-electron chi connectivity index (χ0n) is 12.4. The van der Waals surface area contributed by atoms with E-state index in [4.69, 9.17) is 5.26 Å². The van der Waals surface area contributed by atoms with E-state index in [0.29, 0.717) is 0 Å². The van der Waals surface area contributed by atoms with Crippen LogP contribution in [0.3, 0.4) is 0 Å². The molecule has 0 spiro atoms. The van der Waals surface area contributed by atoms with Crippen LogP contribution in [0.4, 0.5) is 5.69 Å². The molecule has 112 valence electrons. The Hall–Kier alpha value is -1.05. The van der Waals surface area contributed by atoms with E-state index in [1.807, 2.05) is 12.1 Å². The van der Waals surface area contributed by atoms with Gasteiger partial charge in [-0.25, -0.2) is 0 Å². The standard InChI is InChI=1S/C17H22BrN3/c18-16-9-15(12-19)10-17(11-16)21-7-3-14(4-8-21)13-20-5-1-2-6-20/h9-11,14H,1-8,13H2. The summed E-state index contributed by atoms with van der Waals surface area (Å²) in [6.45, 7) is 6.12. The summed E-state index contributed by atoms with van der Waals surface area (Å²) in [6.07, 6.45) is 5.30. The molecule has 0 N–H and O–H groups in total. The molecular formula is C17H22BrN3. The van der Waals surface area contributed by atoms with Crippen molar-refractivity contribution < 1.29 is 0 Å². The largest absolute Gasteiger partial charge is 0.371 e. The number of anilines is 1. The average molecular weight is 348 g/mol. The summed E-state index contributed by atoms with van der Waals surface area (Å²) < 4.78 is 0.996. The summed E-state index contributed by atoms with van der Waals surface area (Å²) in [5.41, 5.74) is 1.92. The number of benzene rings is 1. The van der Waals surface area contributed by atoms with Gasteiger partial charge >= 0.3 is 0 Å². The van der Waals surface area contributed by atoms with Gasteiger partial charge in [-0.3, -0.25) is 0 Å². The maximum Gasteiger partial charge on any atom is 0.0992 e. The van der Waals surface area contributed by atoms with E-state index in [1.54, 1.807) is 0 Å². The highest BCUT2D eigenvalue weighted by molar-refractivity contribution is 9.10. The van der Waals surface area contributed by atoms with Gasteiger partial charge in [-0.05, 0) is 62.9 Å². The molecule has 3 rings (SSSR count). The quantitative estimate of drug-likeness (QED) is 0.836. The summed E-state index contributed by atoms with van der Waals surface area (Å²) in [5, 5.41) is 9.09. The molecule has 0 bridgehead atoms. The SMILES string of the molecule is N#Cc1cc(Br)cc(N2CCC(CN3CCCC3)CC2)c1. The van der Waals surface area contributed by atoms with Crippen LogP contribution in [0.15, 0.2) is 22.7 Å². The monoisotopic (exact) mass is 347 g/mol. The van der Waals surface area contributed by atoms with Gasteiger partial charge in [0, 0.05) is 29.8 Å². The van der Waals surface area contributed by atoms with Crippen molar-refractivity contribution in [2.75, 3.05) is 37.6 Å². The van der Waals surface area contributed by atoms with E-state index < -0.39 is 0 Å². The van der Waals surface area contributed by atoms with Gasteiger partial charge in [0.2, 0.25) is 0 Å². The number of hydrogen-bond acceptors (Lipinski definition) is 3. The Morgan fingerprint density at radius 3 is 2.48 bits per heavy atom. The molecule has 0 saturated carbocycles. The molecular weight excluding hydrogens is 326 g/mol. The van der Waals surface area contributed by atoms with Gasteiger partial charge in [-0.1, -0.05) is 15.9 Å². The predicted octanol–water partition coefficient (Wildman–Crippen LogP) is 3.63. The third-order valence-electron chi connectivity index (χ3n) is 4.71. The summed E-state index contributed by atoms with van der Waals surface area (Å²) in [6, 6.07) is 8.25. The molecule has 0 amide bonds. The molecule has 0 atom stereocenters. The number of piperidine rings is 1. The molecule has 4 heteroatoms. The first-order chi connectivity index (χ1) is 10.2. The number of hydrogen-bond donors (Lipinski definition) is 0. The van der Waals surface area contributed by atoms with Crippen LogP contribution in [0.1, 0.15) is 31.2 Å². The topological polar surface area (TPSA) is 30.3 Å². The molecule has 2 fully saturated rings. The lowest BCUT2D eigenvalue weighted by atomic mass is 9.95. The van der Waals surface area contributed by atoms with Gasteiger partial charge < -0.3 is 9.80 Å². The van der Waals surface area contributed by atoms with Crippen LogP contribution < -0.4 is 4.90 Å². The molecule has 2 heterocycles. The van der Waals surface area contributed by atoms with Gasteiger partial charge in [0.25, 0.3) is 0 Å². The predicted molar refractivity (Wildman–Crippen MR) is 89.5 cm³/mol. The summed E-state index contributed by atoms with van der Waals surface area (Å²) in [5.74, 6) is 0.849. The lowest BCUT2D eigenvalue weighted by molar-refractivity contribution is 0.249. The summed E-state index contributed by atoms with van der Waals surface area (Å²) in [7, 11) is 0. The number of nitriles is 1. The van der Waals surface area contributed by atoms with Crippen molar-refractivity contribution in [3.05, 3.63) is 28.2 Å². The molecule has 0 aliphatic carbocycles. The van der Waals surface area contributed by atoms with Gasteiger partial charge in [-0.15, -0.1) is 0 Å². The van der Waals surface area contributed by atoms with E-state index in [-0.39, 0.29) is 0 Å². The maximum absolute atomic E-state index is 9.09. The van der Waals surface area contributed by atoms with Gasteiger partial charge in [0.05, 0.1) is 11.6 Å². The third-order valence-corrected chi connectivity index (χ3v) is 5.16. The Morgan fingerprint density at radius 1 is 1.10 bits per heavy atom. The summed E-state index contributed by atoms with van der Waals surface area (Å²) in [4.78, 5) is 5.05. The minimum Gasteiger partial charge on any atom is -0.371 e. The van der Waals surface area contributed by atoms with Crippen molar-refractivity contribution in [3.63, 3.8) is 0 Å². The Kier molecular flexibility index (Phi) is 4.82. The first kappa shape index (κ1) is 14.9. The van der Waals surface area contributed by atoms with Crippen molar-refractivity contribution in [1.29, 1.82) is 5.26 Å². The second kappa shape index (κ2) is 6.81. The van der Waals surface area contributed by atoms with E-state index in [9.17, 15) is 0 Å². The smallest absolute Gasteiger partial charge is 0.0992 e. The highest BCUT2D eigenvalue weighted by Crippen LogP contribution is 2.28. The van der Waals surface area contributed by atoms with Gasteiger partial charge in [0.1, 0.15) is 0 Å². The molecule has 1 aromatic rings. The fourth-order valence-corrected chi connectivity index (χ4v) is 4.01. The Balaban J connectivity index is 1.58. The van der Waals surface area contributed by atoms with E-state index in [1.165, 1.54) is 51.0 Å². The second-order valence-electron chi connectivity index (χ2n) is 6.25. The molecule has 2 aliphatic heterocycles. The van der Waals surface area contributed by atoms with Crippen molar-refractivity contribution >= 4 is 21.6 Å². The fourth-order valence-electron chi connectivity index (χ4n) is 3.53. The third kappa shape index (κ3) is 3.78. The van der Waals surface area contributed by atoms with E-state index >= 15 is 0 Å². The minimum absolute atomic E-state index is 0.735. The highest BCUT2D eigenvalue weighted by atomic mass is 79.9. The molecule has 2 aliphatic rings. The molecule has 2 saturated heterocycles. The second-order valence-corrected chi connectivity index (χ2v) is 7.16. The van der Waals surface area contributed by atoms with Crippen LogP contribution in [-0.2, 0) is 0 Å². The maximum atomic E-state index is 9.09. The van der Waals surface area contributed by atoms with E-state index in [0.717, 1.165) is 29.0 Å². The molecule has 0 radical (unpaired) electrons. The lowest BCUT2D eigenvalue weighted by Crippen LogP contribution is -2.38. The van der Waals surface area contributed by atoms with Crippen molar-refractivity contribution in [3.8, 4) is 6.07 Å². The first-order valence-electron chi connectivity index (χ1n) is 7.92. The van der Waals surface area contributed by atoms with E-state index in [2.05, 4.69) is 37.9 Å². The van der Waals surface area contributed by atoms with Crippen LogP contribution in [0.5, 0.6) is 0 Å². The summed E-state index contributed by atoms with van der Waals surface area (Å²) >= 11 is 3.51. The van der Waals surface area contributed by atoms with Crippen LogP contribution in [0, 0.1) is 17.2 Å². The number of halogens is 1. The molecule has 0 aromatic heterocycles. The van der Waals surface area contributed by atoms with Crippen LogP contribution >= 0.6 is 15.9 Å². The number of likely N-dealkylation sites (tertiary alicyclic amines) is 1. The van der Waals surface area contributed by atoms with Crippen molar-refractivity contribution in [1.82, 2.24) is 4.90 Å². The normalized spacial score (nSPS) is 20.7. The first-order valence-corrected chi connectivity index (χ1v) is 8.72. The lowest BCUT2D eigenvalue weighted by Gasteiger charge is -2.35. The van der Waals surface area contributed by atoms with Crippen LogP contribution in [0.25, 0.3) is 0 Å². The van der Waals surface area contributed by atoms with Crippen LogP contribution in [-0.4, -0.2) is 37.6 Å². The van der Waals surface area contributed by atoms with Gasteiger partial charge in [0.15, 0.2) is 0 Å². The molecule has 0 unspecified atom stereocenters. The zero-order chi connectivity index (χ0) is 14.7. The minimum atomic E-state index is 0.735. The van der Waals surface area contributed by atoms with Crippen molar-refractivity contribution in [2.24, 2.45) is 5.92 Å². The van der Waals surface area contributed by atoms with Gasteiger partial charge in [-0.2, -0.15) is 5.26 Å². The fraction of sp³-hybridized carbons (Fsp3) is 0.588. The highest BCUT2D eigenvalue weighted by Gasteiger charge is 2.23. The number of rotatable bonds is 3. The van der Waals surface area contributed by atoms with Crippen LogP contribution in [0.2, 0.25) is 0 Å². The number of nitrogens with zero attached hydrogens (tertiary/aromatic N) is 3. The Morgan fingerprint density at radius 2 is 1.81 bits per heavy atom.